The maximum absolute atomic E-state index is 11.4. The van der Waals surface area contributed by atoms with Crippen molar-refractivity contribution in [2.45, 2.75) is 39.2 Å². The van der Waals surface area contributed by atoms with Crippen LogP contribution in [0.15, 0.2) is 0 Å². The van der Waals surface area contributed by atoms with Gasteiger partial charge in [-0.25, -0.2) is 0 Å². The summed E-state index contributed by atoms with van der Waals surface area (Å²) < 4.78 is 0. The second-order valence-corrected chi connectivity index (χ2v) is 5.96. The standard InChI is InChI=1S/C12H22N2O/c1-12(2,3)14-7-9(8-14)6-13-11(15)10-4-5-10/h9-10H,4-8H2,1-3H3,(H,13,15). The molecule has 1 saturated heterocycles. The predicted molar refractivity (Wildman–Crippen MR) is 60.5 cm³/mol. The zero-order valence-electron chi connectivity index (χ0n) is 10.0. The Kier molecular flexibility index (Phi) is 2.75. The number of hydrogen-bond donors (Lipinski definition) is 1. The molecular formula is C12H22N2O. The number of hydrogen-bond acceptors (Lipinski definition) is 2. The van der Waals surface area contributed by atoms with Gasteiger partial charge in [0.1, 0.15) is 0 Å². The van der Waals surface area contributed by atoms with E-state index >= 15 is 0 Å². The van der Waals surface area contributed by atoms with Crippen LogP contribution < -0.4 is 5.32 Å². The minimum atomic E-state index is 0.282. The van der Waals surface area contributed by atoms with Gasteiger partial charge in [0.25, 0.3) is 0 Å². The lowest BCUT2D eigenvalue weighted by molar-refractivity contribution is -0.122. The van der Waals surface area contributed by atoms with Gasteiger partial charge < -0.3 is 5.32 Å². The highest BCUT2D eigenvalue weighted by Crippen LogP contribution is 2.29. The van der Waals surface area contributed by atoms with Gasteiger partial charge in [-0.05, 0) is 33.6 Å². The van der Waals surface area contributed by atoms with Crippen molar-refractivity contribution in [2.24, 2.45) is 11.8 Å². The molecule has 2 rings (SSSR count). The predicted octanol–water partition coefficient (Wildman–Crippen LogP) is 1.24. The van der Waals surface area contributed by atoms with Gasteiger partial charge in [-0.3, -0.25) is 9.69 Å². The molecule has 86 valence electrons. The molecule has 1 saturated carbocycles. The molecule has 0 atom stereocenters. The van der Waals surface area contributed by atoms with Crippen molar-refractivity contribution in [3.8, 4) is 0 Å². The molecule has 1 aliphatic heterocycles. The lowest BCUT2D eigenvalue weighted by Crippen LogP contribution is -2.58. The fourth-order valence-electron chi connectivity index (χ4n) is 1.98. The normalized spacial score (nSPS) is 23.7. The number of nitrogens with one attached hydrogen (secondary N) is 1. The van der Waals surface area contributed by atoms with E-state index in [0.29, 0.717) is 11.8 Å². The summed E-state index contributed by atoms with van der Waals surface area (Å²) in [4.78, 5) is 13.9. The summed E-state index contributed by atoms with van der Waals surface area (Å²) >= 11 is 0. The van der Waals surface area contributed by atoms with E-state index in [1.165, 1.54) is 0 Å². The molecule has 0 bridgehead atoms. The topological polar surface area (TPSA) is 32.3 Å². The maximum Gasteiger partial charge on any atom is 0.223 e. The summed E-state index contributed by atoms with van der Waals surface area (Å²) in [5, 5.41) is 3.05. The molecule has 3 heteroatoms. The number of carbonyl (C=O) groups excluding carboxylic acids is 1. The van der Waals surface area contributed by atoms with Crippen LogP contribution in [-0.4, -0.2) is 36.0 Å². The lowest BCUT2D eigenvalue weighted by atomic mass is 9.92. The van der Waals surface area contributed by atoms with E-state index in [4.69, 9.17) is 0 Å². The van der Waals surface area contributed by atoms with Crippen LogP contribution in [0, 0.1) is 11.8 Å². The Morgan fingerprint density at radius 2 is 1.93 bits per heavy atom. The molecular weight excluding hydrogens is 188 g/mol. The highest BCUT2D eigenvalue weighted by Gasteiger charge is 2.35. The number of likely N-dealkylation sites (tertiary alicyclic amines) is 1. The first-order chi connectivity index (χ1) is 6.97. The fraction of sp³-hybridized carbons (Fsp3) is 0.917. The molecule has 3 nitrogen and oxygen atoms in total. The first-order valence-electron chi connectivity index (χ1n) is 5.99. The zero-order valence-corrected chi connectivity index (χ0v) is 10.0. The van der Waals surface area contributed by atoms with E-state index in [1.54, 1.807) is 0 Å². The van der Waals surface area contributed by atoms with Gasteiger partial charge in [0.2, 0.25) is 5.91 Å². The fourth-order valence-corrected chi connectivity index (χ4v) is 1.98. The van der Waals surface area contributed by atoms with E-state index in [0.717, 1.165) is 32.5 Å². The Morgan fingerprint density at radius 3 is 2.40 bits per heavy atom. The Balaban J connectivity index is 1.61. The number of carbonyl (C=O) groups is 1. The van der Waals surface area contributed by atoms with Gasteiger partial charge >= 0.3 is 0 Å². The minimum Gasteiger partial charge on any atom is -0.355 e. The second-order valence-electron chi connectivity index (χ2n) is 5.96. The van der Waals surface area contributed by atoms with Crippen LogP contribution in [0.3, 0.4) is 0 Å². The quantitative estimate of drug-likeness (QED) is 0.760. The zero-order chi connectivity index (χ0) is 11.1. The lowest BCUT2D eigenvalue weighted by Gasteiger charge is -2.47. The van der Waals surface area contributed by atoms with Gasteiger partial charge in [-0.1, -0.05) is 0 Å². The molecule has 0 aromatic carbocycles. The van der Waals surface area contributed by atoms with Crippen molar-refractivity contribution in [1.29, 1.82) is 0 Å². The van der Waals surface area contributed by atoms with Crippen molar-refractivity contribution in [3.05, 3.63) is 0 Å². The third-order valence-corrected chi connectivity index (χ3v) is 3.42. The first kappa shape index (κ1) is 10.9. The SMILES string of the molecule is CC(C)(C)N1CC(CNC(=O)C2CC2)C1. The van der Waals surface area contributed by atoms with E-state index in [9.17, 15) is 4.79 Å². The summed E-state index contributed by atoms with van der Waals surface area (Å²) in [7, 11) is 0. The van der Waals surface area contributed by atoms with Crippen LogP contribution in [0.5, 0.6) is 0 Å². The first-order valence-corrected chi connectivity index (χ1v) is 5.99. The Labute approximate surface area is 92.2 Å². The van der Waals surface area contributed by atoms with Crippen LogP contribution in [-0.2, 0) is 4.79 Å². The van der Waals surface area contributed by atoms with Gasteiger partial charge in [-0.15, -0.1) is 0 Å². The summed E-state index contributed by atoms with van der Waals surface area (Å²) in [6.07, 6.45) is 2.20. The number of amides is 1. The molecule has 15 heavy (non-hydrogen) atoms. The molecule has 2 fully saturated rings. The average molecular weight is 210 g/mol. The van der Waals surface area contributed by atoms with Gasteiger partial charge in [0.05, 0.1) is 0 Å². The molecule has 1 aliphatic carbocycles. The van der Waals surface area contributed by atoms with E-state index in [2.05, 4.69) is 31.0 Å². The van der Waals surface area contributed by atoms with Crippen molar-refractivity contribution < 1.29 is 4.79 Å². The van der Waals surface area contributed by atoms with Gasteiger partial charge in [-0.2, -0.15) is 0 Å². The van der Waals surface area contributed by atoms with Crippen molar-refractivity contribution in [1.82, 2.24) is 10.2 Å². The van der Waals surface area contributed by atoms with Crippen molar-refractivity contribution in [3.63, 3.8) is 0 Å². The van der Waals surface area contributed by atoms with Gasteiger partial charge in [0.15, 0.2) is 0 Å². The third-order valence-electron chi connectivity index (χ3n) is 3.42. The third kappa shape index (κ3) is 2.71. The van der Waals surface area contributed by atoms with E-state index < -0.39 is 0 Å². The molecule has 0 aromatic rings. The molecule has 2 aliphatic rings. The number of nitrogens with zero attached hydrogens (tertiary/aromatic N) is 1. The highest BCUT2D eigenvalue weighted by atomic mass is 16.2. The van der Waals surface area contributed by atoms with Crippen LogP contribution in [0.2, 0.25) is 0 Å². The second kappa shape index (κ2) is 3.78. The van der Waals surface area contributed by atoms with Gasteiger partial charge in [0, 0.05) is 37.0 Å². The maximum atomic E-state index is 11.4. The molecule has 1 amide bonds. The molecule has 0 radical (unpaired) electrons. The summed E-state index contributed by atoms with van der Waals surface area (Å²) in [5.74, 6) is 1.31. The van der Waals surface area contributed by atoms with Crippen LogP contribution >= 0.6 is 0 Å². The highest BCUT2D eigenvalue weighted by molar-refractivity contribution is 5.80. The summed E-state index contributed by atoms with van der Waals surface area (Å²) in [6.45, 7) is 9.87. The summed E-state index contributed by atoms with van der Waals surface area (Å²) in [5.41, 5.74) is 0.289. The van der Waals surface area contributed by atoms with Crippen LogP contribution in [0.4, 0.5) is 0 Å². The molecule has 0 aromatic heterocycles. The van der Waals surface area contributed by atoms with E-state index in [1.807, 2.05) is 0 Å². The smallest absolute Gasteiger partial charge is 0.223 e. The van der Waals surface area contributed by atoms with Crippen molar-refractivity contribution in [2.75, 3.05) is 19.6 Å². The Morgan fingerprint density at radius 1 is 1.33 bits per heavy atom. The van der Waals surface area contributed by atoms with E-state index in [-0.39, 0.29) is 11.4 Å². The Bertz CT molecular complexity index is 247. The van der Waals surface area contributed by atoms with Crippen molar-refractivity contribution >= 4 is 5.91 Å². The molecule has 0 spiro atoms. The van der Waals surface area contributed by atoms with Crippen LogP contribution in [0.25, 0.3) is 0 Å². The average Bonchev–Trinajstić information content (AvgIpc) is 2.79. The number of rotatable bonds is 3. The largest absolute Gasteiger partial charge is 0.355 e. The molecule has 1 N–H and O–H groups in total. The monoisotopic (exact) mass is 210 g/mol. The van der Waals surface area contributed by atoms with Crippen LogP contribution in [0.1, 0.15) is 33.6 Å². The Hall–Kier alpha value is -0.570. The minimum absolute atomic E-state index is 0.282. The molecule has 1 heterocycles. The summed E-state index contributed by atoms with van der Waals surface area (Å²) in [6, 6.07) is 0. The molecule has 0 unspecified atom stereocenters.